The van der Waals surface area contributed by atoms with Gasteiger partial charge in [0.25, 0.3) is 0 Å². The molecule has 0 saturated carbocycles. The van der Waals surface area contributed by atoms with Crippen molar-refractivity contribution >= 4 is 28.5 Å². The Hall–Kier alpha value is -3.29. The summed E-state index contributed by atoms with van der Waals surface area (Å²) in [5, 5.41) is 5.23. The van der Waals surface area contributed by atoms with E-state index in [2.05, 4.69) is 20.0 Å². The van der Waals surface area contributed by atoms with Gasteiger partial charge in [0, 0.05) is 51.6 Å². The number of benzene rings is 1. The molecule has 0 unspecified atom stereocenters. The van der Waals surface area contributed by atoms with E-state index in [1.165, 1.54) is 0 Å². The summed E-state index contributed by atoms with van der Waals surface area (Å²) in [6.07, 6.45) is 2.27. The van der Waals surface area contributed by atoms with E-state index in [-0.39, 0.29) is 24.5 Å². The first-order valence-corrected chi connectivity index (χ1v) is 10.6. The Bertz CT molecular complexity index is 1140. The molecule has 4 rings (SSSR count). The number of aromatic nitrogens is 4. The van der Waals surface area contributed by atoms with E-state index < -0.39 is 0 Å². The number of fused-ring (bicyclic) bond motifs is 1. The third kappa shape index (κ3) is 4.28. The van der Waals surface area contributed by atoms with Gasteiger partial charge in [-0.15, -0.1) is 0 Å². The lowest BCUT2D eigenvalue weighted by Gasteiger charge is -2.35. The topological polar surface area (TPSA) is 84.2 Å². The number of piperazine rings is 1. The standard InChI is InChI=1S/C23H28N6O2/c1-15-5-6-18(13-16(15)2)20(30)7-8-21(31)28-9-11-29(12-10-28)23-19-14-24-27(4)22(19)25-17(3)26-23/h5-6,13-14H,7-12H2,1-4H3. The van der Waals surface area contributed by atoms with Crippen molar-refractivity contribution in [1.29, 1.82) is 0 Å². The van der Waals surface area contributed by atoms with Gasteiger partial charge in [-0.2, -0.15) is 5.10 Å². The molecule has 1 aliphatic heterocycles. The molecule has 8 nitrogen and oxygen atoms in total. The van der Waals surface area contributed by atoms with Crippen LogP contribution in [0.1, 0.15) is 40.2 Å². The highest BCUT2D eigenvalue weighted by Crippen LogP contribution is 2.24. The molecule has 1 fully saturated rings. The first-order valence-electron chi connectivity index (χ1n) is 10.6. The number of carbonyl (C=O) groups excluding carboxylic acids is 2. The fourth-order valence-corrected chi connectivity index (χ4v) is 3.96. The van der Waals surface area contributed by atoms with Crippen LogP contribution in [0.3, 0.4) is 0 Å². The molecule has 162 valence electrons. The summed E-state index contributed by atoms with van der Waals surface area (Å²) >= 11 is 0. The quantitative estimate of drug-likeness (QED) is 0.590. The second-order valence-electron chi connectivity index (χ2n) is 8.19. The summed E-state index contributed by atoms with van der Waals surface area (Å²) in [4.78, 5) is 38.3. The summed E-state index contributed by atoms with van der Waals surface area (Å²) in [6, 6.07) is 5.71. The van der Waals surface area contributed by atoms with E-state index in [1.54, 1.807) is 10.9 Å². The number of nitrogens with zero attached hydrogens (tertiary/aromatic N) is 6. The van der Waals surface area contributed by atoms with Crippen LogP contribution in [0.2, 0.25) is 0 Å². The smallest absolute Gasteiger partial charge is 0.223 e. The molecule has 0 atom stereocenters. The number of hydrogen-bond donors (Lipinski definition) is 0. The predicted molar refractivity (Wildman–Crippen MR) is 119 cm³/mol. The number of aryl methyl sites for hydroxylation is 4. The van der Waals surface area contributed by atoms with Gasteiger partial charge in [-0.05, 0) is 38.0 Å². The molecule has 3 heterocycles. The van der Waals surface area contributed by atoms with Crippen LogP contribution in [0, 0.1) is 20.8 Å². The van der Waals surface area contributed by atoms with Gasteiger partial charge in [0.1, 0.15) is 11.6 Å². The number of Topliss-reactive ketones (excluding diaryl/α,β-unsaturated/α-hetero) is 1. The highest BCUT2D eigenvalue weighted by atomic mass is 16.2. The normalized spacial score (nSPS) is 14.3. The van der Waals surface area contributed by atoms with Crippen LogP contribution in [0.25, 0.3) is 11.0 Å². The number of rotatable bonds is 5. The Kier molecular flexibility index (Phi) is 5.71. The fraction of sp³-hybridized carbons (Fsp3) is 0.435. The predicted octanol–water partition coefficient (Wildman–Crippen LogP) is 2.60. The molecule has 8 heteroatoms. The molecular weight excluding hydrogens is 392 g/mol. The minimum Gasteiger partial charge on any atom is -0.352 e. The van der Waals surface area contributed by atoms with Crippen LogP contribution in [0.4, 0.5) is 5.82 Å². The zero-order valence-corrected chi connectivity index (χ0v) is 18.6. The van der Waals surface area contributed by atoms with Crippen LogP contribution < -0.4 is 4.90 Å². The lowest BCUT2D eigenvalue weighted by molar-refractivity contribution is -0.131. The molecule has 3 aromatic rings. The molecule has 0 aliphatic carbocycles. The van der Waals surface area contributed by atoms with E-state index in [9.17, 15) is 9.59 Å². The largest absolute Gasteiger partial charge is 0.352 e. The summed E-state index contributed by atoms with van der Waals surface area (Å²) < 4.78 is 1.75. The average Bonchev–Trinajstić information content (AvgIpc) is 3.13. The van der Waals surface area contributed by atoms with Gasteiger partial charge in [-0.3, -0.25) is 14.3 Å². The molecular formula is C23H28N6O2. The third-order valence-electron chi connectivity index (χ3n) is 6.01. The minimum absolute atomic E-state index is 0.0190. The molecule has 2 aromatic heterocycles. The lowest BCUT2D eigenvalue weighted by atomic mass is 10.0. The van der Waals surface area contributed by atoms with Crippen molar-refractivity contribution in [2.75, 3.05) is 31.1 Å². The number of ketones is 1. The van der Waals surface area contributed by atoms with Gasteiger partial charge in [-0.25, -0.2) is 9.97 Å². The maximum atomic E-state index is 12.7. The van der Waals surface area contributed by atoms with E-state index >= 15 is 0 Å². The van der Waals surface area contributed by atoms with Crippen molar-refractivity contribution in [3.63, 3.8) is 0 Å². The van der Waals surface area contributed by atoms with Gasteiger partial charge in [0.05, 0.1) is 11.6 Å². The Morgan fingerprint density at radius 3 is 2.42 bits per heavy atom. The van der Waals surface area contributed by atoms with Crippen molar-refractivity contribution in [1.82, 2.24) is 24.6 Å². The van der Waals surface area contributed by atoms with E-state index in [1.807, 2.05) is 50.9 Å². The van der Waals surface area contributed by atoms with E-state index in [0.29, 0.717) is 37.6 Å². The number of amides is 1. The lowest BCUT2D eigenvalue weighted by Crippen LogP contribution is -2.49. The summed E-state index contributed by atoms with van der Waals surface area (Å²) in [7, 11) is 1.87. The van der Waals surface area contributed by atoms with Crippen LogP contribution in [0.5, 0.6) is 0 Å². The number of hydrogen-bond acceptors (Lipinski definition) is 6. The molecule has 1 saturated heterocycles. The van der Waals surface area contributed by atoms with Crippen molar-refractivity contribution in [3.05, 3.63) is 46.9 Å². The zero-order valence-electron chi connectivity index (χ0n) is 18.6. The van der Waals surface area contributed by atoms with E-state index in [0.717, 1.165) is 28.0 Å². The summed E-state index contributed by atoms with van der Waals surface area (Å²) in [5.41, 5.74) is 3.75. The molecule has 31 heavy (non-hydrogen) atoms. The van der Waals surface area contributed by atoms with Crippen LogP contribution >= 0.6 is 0 Å². The maximum Gasteiger partial charge on any atom is 0.223 e. The molecule has 0 radical (unpaired) electrons. The SMILES string of the molecule is Cc1nc(N2CCN(C(=O)CCC(=O)c3ccc(C)c(C)c3)CC2)c2cnn(C)c2n1. The monoisotopic (exact) mass is 420 g/mol. The zero-order chi connectivity index (χ0) is 22.1. The second kappa shape index (κ2) is 8.45. The number of carbonyl (C=O) groups is 2. The highest BCUT2D eigenvalue weighted by molar-refractivity contribution is 5.98. The second-order valence-corrected chi connectivity index (χ2v) is 8.19. The van der Waals surface area contributed by atoms with Gasteiger partial charge >= 0.3 is 0 Å². The molecule has 1 amide bonds. The molecule has 0 N–H and O–H groups in total. The Morgan fingerprint density at radius 1 is 0.968 bits per heavy atom. The van der Waals surface area contributed by atoms with Crippen molar-refractivity contribution < 1.29 is 9.59 Å². The van der Waals surface area contributed by atoms with Crippen LogP contribution in [-0.4, -0.2) is 62.5 Å². The fourth-order valence-electron chi connectivity index (χ4n) is 3.96. The Morgan fingerprint density at radius 2 is 1.71 bits per heavy atom. The molecule has 0 spiro atoms. The molecule has 0 bridgehead atoms. The Balaban J connectivity index is 1.35. The summed E-state index contributed by atoms with van der Waals surface area (Å²) in [6.45, 7) is 8.50. The first kappa shape index (κ1) is 21.0. The van der Waals surface area contributed by atoms with E-state index in [4.69, 9.17) is 0 Å². The van der Waals surface area contributed by atoms with Crippen molar-refractivity contribution in [2.45, 2.75) is 33.6 Å². The molecule has 1 aliphatic rings. The number of anilines is 1. The van der Waals surface area contributed by atoms with Gasteiger partial charge < -0.3 is 9.80 Å². The summed E-state index contributed by atoms with van der Waals surface area (Å²) in [5.74, 6) is 1.62. The van der Waals surface area contributed by atoms with Gasteiger partial charge in [-0.1, -0.05) is 12.1 Å². The first-order chi connectivity index (χ1) is 14.8. The Labute approximate surface area is 181 Å². The van der Waals surface area contributed by atoms with Gasteiger partial charge in [0.15, 0.2) is 11.4 Å². The van der Waals surface area contributed by atoms with Crippen LogP contribution in [-0.2, 0) is 11.8 Å². The minimum atomic E-state index is 0.0190. The van der Waals surface area contributed by atoms with Crippen molar-refractivity contribution in [3.8, 4) is 0 Å². The third-order valence-corrected chi connectivity index (χ3v) is 6.01. The van der Waals surface area contributed by atoms with Crippen LogP contribution in [0.15, 0.2) is 24.4 Å². The average molecular weight is 421 g/mol. The van der Waals surface area contributed by atoms with Gasteiger partial charge in [0.2, 0.25) is 5.91 Å². The highest BCUT2D eigenvalue weighted by Gasteiger charge is 2.24. The van der Waals surface area contributed by atoms with Crippen molar-refractivity contribution in [2.24, 2.45) is 7.05 Å². The molecule has 1 aromatic carbocycles. The maximum absolute atomic E-state index is 12.7.